The van der Waals surface area contributed by atoms with Crippen LogP contribution >= 0.6 is 0 Å². The van der Waals surface area contributed by atoms with E-state index in [2.05, 4.69) is 0 Å². The van der Waals surface area contributed by atoms with Crippen LogP contribution in [0, 0.1) is 0 Å². The molecular formula is C6H17NO2S. The van der Waals surface area contributed by atoms with Crippen LogP contribution in [-0.4, -0.2) is 15.6 Å². The fourth-order valence-corrected chi connectivity index (χ4v) is 0.902. The van der Waals surface area contributed by atoms with E-state index in [0.29, 0.717) is 0 Å². The standard InChI is InChI=1S/C6H14O2S.H3N/c1-5(2)8-9(7)6(3)4;/h5-6H,1-4H3;1H3. The zero-order valence-corrected chi connectivity index (χ0v) is 7.90. The topological polar surface area (TPSA) is 61.3 Å². The molecule has 10 heavy (non-hydrogen) atoms. The Morgan fingerprint density at radius 1 is 1.20 bits per heavy atom. The van der Waals surface area contributed by atoms with Crippen LogP contribution in [0.5, 0.6) is 0 Å². The quantitative estimate of drug-likeness (QED) is 0.695. The molecule has 3 nitrogen and oxygen atoms in total. The molecule has 0 saturated carbocycles. The summed E-state index contributed by atoms with van der Waals surface area (Å²) in [6.45, 7) is 7.50. The third kappa shape index (κ3) is 6.19. The first-order chi connectivity index (χ1) is 4.04. The van der Waals surface area contributed by atoms with E-state index in [1.54, 1.807) is 0 Å². The first kappa shape index (κ1) is 12.7. The van der Waals surface area contributed by atoms with Crippen LogP contribution in [0.2, 0.25) is 0 Å². The zero-order valence-electron chi connectivity index (χ0n) is 7.09. The van der Waals surface area contributed by atoms with Crippen LogP contribution in [0.1, 0.15) is 27.7 Å². The fourth-order valence-electron chi connectivity index (χ4n) is 0.301. The molecule has 4 heteroatoms. The molecule has 64 valence electrons. The van der Waals surface area contributed by atoms with Gasteiger partial charge in [0.15, 0.2) is 11.1 Å². The summed E-state index contributed by atoms with van der Waals surface area (Å²) in [4.78, 5) is 0. The first-order valence-electron chi connectivity index (χ1n) is 3.11. The lowest BCUT2D eigenvalue weighted by Gasteiger charge is -2.07. The Morgan fingerprint density at radius 2 is 1.60 bits per heavy atom. The Labute approximate surface area is 65.4 Å². The molecule has 0 aliphatic heterocycles. The van der Waals surface area contributed by atoms with Gasteiger partial charge in [0.2, 0.25) is 0 Å². The molecule has 0 fully saturated rings. The molecule has 1 atom stereocenters. The molecule has 0 spiro atoms. The van der Waals surface area contributed by atoms with Crippen molar-refractivity contribution in [1.82, 2.24) is 6.15 Å². The van der Waals surface area contributed by atoms with Gasteiger partial charge < -0.3 is 6.15 Å². The van der Waals surface area contributed by atoms with Gasteiger partial charge in [0.25, 0.3) is 0 Å². The zero-order chi connectivity index (χ0) is 7.44. The third-order valence-corrected chi connectivity index (χ3v) is 2.02. The smallest absolute Gasteiger partial charge is 0.158 e. The van der Waals surface area contributed by atoms with Gasteiger partial charge in [-0.25, -0.2) is 4.21 Å². The predicted octanol–water partition coefficient (Wildman–Crippen LogP) is 1.65. The van der Waals surface area contributed by atoms with Gasteiger partial charge in [-0.05, 0) is 27.7 Å². The molecule has 0 aromatic carbocycles. The summed E-state index contributed by atoms with van der Waals surface area (Å²) in [5.74, 6) is 0. The van der Waals surface area contributed by atoms with Gasteiger partial charge in [0.1, 0.15) is 0 Å². The Morgan fingerprint density at radius 3 is 1.70 bits per heavy atom. The lowest BCUT2D eigenvalue weighted by Crippen LogP contribution is -2.13. The largest absolute Gasteiger partial charge is 0.344 e. The highest BCUT2D eigenvalue weighted by Gasteiger charge is 2.06. The van der Waals surface area contributed by atoms with Gasteiger partial charge in [-0.1, -0.05) is 0 Å². The van der Waals surface area contributed by atoms with Crippen molar-refractivity contribution in [3.8, 4) is 0 Å². The summed E-state index contributed by atoms with van der Waals surface area (Å²) in [6, 6.07) is 0. The summed E-state index contributed by atoms with van der Waals surface area (Å²) >= 11 is -1.10. The number of rotatable bonds is 3. The Hall–Kier alpha value is 0.0700. The number of hydrogen-bond donors (Lipinski definition) is 1. The Kier molecular flexibility index (Phi) is 7.41. The van der Waals surface area contributed by atoms with E-state index >= 15 is 0 Å². The van der Waals surface area contributed by atoms with Crippen molar-refractivity contribution < 1.29 is 8.39 Å². The van der Waals surface area contributed by atoms with Crippen LogP contribution in [0.15, 0.2) is 0 Å². The molecule has 0 amide bonds. The van der Waals surface area contributed by atoms with Crippen LogP contribution < -0.4 is 6.15 Å². The third-order valence-electron chi connectivity index (χ3n) is 0.672. The fraction of sp³-hybridized carbons (Fsp3) is 1.00. The van der Waals surface area contributed by atoms with Crippen molar-refractivity contribution >= 4 is 11.1 Å². The Balaban J connectivity index is 0. The lowest BCUT2D eigenvalue weighted by molar-refractivity contribution is 0.267. The second-order valence-corrected chi connectivity index (χ2v) is 4.11. The second-order valence-electron chi connectivity index (χ2n) is 2.45. The molecule has 0 radical (unpaired) electrons. The summed E-state index contributed by atoms with van der Waals surface area (Å²) < 4.78 is 15.8. The molecule has 0 bridgehead atoms. The van der Waals surface area contributed by atoms with E-state index in [0.717, 1.165) is 0 Å². The van der Waals surface area contributed by atoms with Gasteiger partial charge in [-0.2, -0.15) is 0 Å². The number of hydrogen-bond acceptors (Lipinski definition) is 3. The van der Waals surface area contributed by atoms with Crippen molar-refractivity contribution in [3.63, 3.8) is 0 Å². The van der Waals surface area contributed by atoms with E-state index < -0.39 is 11.1 Å². The van der Waals surface area contributed by atoms with E-state index in [-0.39, 0.29) is 17.5 Å². The average molecular weight is 167 g/mol. The predicted molar refractivity (Wildman–Crippen MR) is 44.5 cm³/mol. The van der Waals surface area contributed by atoms with Crippen LogP contribution in [0.3, 0.4) is 0 Å². The van der Waals surface area contributed by atoms with E-state index in [1.807, 2.05) is 27.7 Å². The minimum absolute atomic E-state index is 0. The second kappa shape index (κ2) is 5.82. The highest BCUT2D eigenvalue weighted by Crippen LogP contribution is 1.99. The molecule has 0 heterocycles. The maximum Gasteiger partial charge on any atom is 0.158 e. The van der Waals surface area contributed by atoms with Crippen LogP contribution in [0.25, 0.3) is 0 Å². The summed E-state index contributed by atoms with van der Waals surface area (Å²) in [6.07, 6.45) is 0.0632. The molecule has 0 aromatic rings. The first-order valence-corrected chi connectivity index (χ1v) is 4.25. The molecular weight excluding hydrogens is 150 g/mol. The summed E-state index contributed by atoms with van der Waals surface area (Å²) in [5, 5.41) is 0.104. The van der Waals surface area contributed by atoms with Gasteiger partial charge in [-0.3, -0.25) is 4.18 Å². The van der Waals surface area contributed by atoms with E-state index in [1.165, 1.54) is 0 Å². The van der Waals surface area contributed by atoms with Crippen molar-refractivity contribution in [1.29, 1.82) is 0 Å². The van der Waals surface area contributed by atoms with Crippen molar-refractivity contribution in [2.45, 2.75) is 39.0 Å². The van der Waals surface area contributed by atoms with E-state index in [4.69, 9.17) is 4.18 Å². The monoisotopic (exact) mass is 167 g/mol. The SMILES string of the molecule is CC(C)OS(=O)C(C)C.N. The van der Waals surface area contributed by atoms with Crippen molar-refractivity contribution in [3.05, 3.63) is 0 Å². The lowest BCUT2D eigenvalue weighted by atomic mass is 10.5. The van der Waals surface area contributed by atoms with Gasteiger partial charge in [0.05, 0.1) is 11.4 Å². The van der Waals surface area contributed by atoms with E-state index in [9.17, 15) is 4.21 Å². The maximum atomic E-state index is 10.8. The van der Waals surface area contributed by atoms with Crippen LogP contribution in [0.4, 0.5) is 0 Å². The average Bonchev–Trinajstić information content (AvgIpc) is 1.63. The minimum Gasteiger partial charge on any atom is -0.344 e. The van der Waals surface area contributed by atoms with Gasteiger partial charge in [0, 0.05) is 0 Å². The minimum atomic E-state index is -1.10. The molecule has 0 aliphatic carbocycles. The maximum absolute atomic E-state index is 10.8. The Bertz CT molecular complexity index is 104. The molecule has 0 rings (SSSR count). The highest BCUT2D eigenvalue weighted by molar-refractivity contribution is 7.80. The molecule has 1 unspecified atom stereocenters. The summed E-state index contributed by atoms with van der Waals surface area (Å²) in [5.41, 5.74) is 0. The molecule has 0 aromatic heterocycles. The highest BCUT2D eigenvalue weighted by atomic mass is 32.2. The molecule has 0 aliphatic rings. The normalized spacial score (nSPS) is 13.4. The molecule has 0 saturated heterocycles. The van der Waals surface area contributed by atoms with Crippen LogP contribution in [-0.2, 0) is 15.3 Å². The van der Waals surface area contributed by atoms with Crippen molar-refractivity contribution in [2.75, 3.05) is 0 Å². The van der Waals surface area contributed by atoms with Gasteiger partial charge in [-0.15, -0.1) is 0 Å². The van der Waals surface area contributed by atoms with Crippen molar-refractivity contribution in [2.24, 2.45) is 0 Å². The summed E-state index contributed by atoms with van der Waals surface area (Å²) in [7, 11) is 0. The molecule has 3 N–H and O–H groups in total. The van der Waals surface area contributed by atoms with Gasteiger partial charge >= 0.3 is 0 Å².